The number of halogens is 1. The third-order valence-electron chi connectivity index (χ3n) is 3.85. The lowest BCUT2D eigenvalue weighted by atomic mass is 10.1. The molecule has 0 fully saturated rings. The van der Waals surface area contributed by atoms with Gasteiger partial charge in [-0.2, -0.15) is 5.10 Å². The molecule has 2 aromatic carbocycles. The van der Waals surface area contributed by atoms with Gasteiger partial charge in [0, 0.05) is 12.7 Å². The van der Waals surface area contributed by atoms with Gasteiger partial charge in [0.15, 0.2) is 5.69 Å². The van der Waals surface area contributed by atoms with Gasteiger partial charge in [0.05, 0.1) is 10.9 Å². The van der Waals surface area contributed by atoms with E-state index in [1.165, 1.54) is 16.8 Å². The lowest BCUT2D eigenvalue weighted by Gasteiger charge is -2.09. The number of aromatic nitrogens is 2. The van der Waals surface area contributed by atoms with Gasteiger partial charge in [-0.25, -0.2) is 4.39 Å². The molecule has 3 rings (SSSR count). The molecule has 0 bridgehead atoms. The van der Waals surface area contributed by atoms with Gasteiger partial charge in [0.2, 0.25) is 5.43 Å². The highest BCUT2D eigenvalue weighted by Crippen LogP contribution is 2.13. The highest BCUT2D eigenvalue weighted by Gasteiger charge is 2.17. The highest BCUT2D eigenvalue weighted by atomic mass is 19.1. The Labute approximate surface area is 137 Å². The number of nitrogens with zero attached hydrogens (tertiary/aromatic N) is 2. The molecule has 0 aliphatic rings. The quantitative estimate of drug-likeness (QED) is 0.805. The van der Waals surface area contributed by atoms with Crippen molar-refractivity contribution in [3.05, 3.63) is 69.8 Å². The lowest BCUT2D eigenvalue weighted by molar-refractivity contribution is 0.101. The molecular formula is C18H16FN3O2. The molecule has 1 amide bonds. The molecule has 0 atom stereocenters. The normalized spacial score (nSPS) is 10.8. The summed E-state index contributed by atoms with van der Waals surface area (Å²) in [5, 5.41) is 6.80. The van der Waals surface area contributed by atoms with E-state index in [0.717, 1.165) is 18.1 Å². The minimum absolute atomic E-state index is 0.124. The van der Waals surface area contributed by atoms with Crippen molar-refractivity contribution in [3.8, 4) is 0 Å². The summed E-state index contributed by atoms with van der Waals surface area (Å²) in [4.78, 5) is 24.9. The Bertz CT molecular complexity index is 978. The second kappa shape index (κ2) is 6.23. The molecule has 0 saturated carbocycles. The van der Waals surface area contributed by atoms with Crippen LogP contribution >= 0.6 is 0 Å². The molecule has 1 N–H and O–H groups in total. The largest absolute Gasteiger partial charge is 0.320 e. The molecule has 3 aromatic rings. The Morgan fingerprint density at radius 1 is 1.21 bits per heavy atom. The first-order valence-corrected chi connectivity index (χ1v) is 7.56. The van der Waals surface area contributed by atoms with Crippen molar-refractivity contribution >= 4 is 22.5 Å². The fraction of sp³-hybridized carbons (Fsp3) is 0.167. The smallest absolute Gasteiger partial charge is 0.280 e. The number of aryl methyl sites for hydroxylation is 2. The van der Waals surface area contributed by atoms with Gasteiger partial charge in [-0.05, 0) is 42.3 Å². The van der Waals surface area contributed by atoms with Crippen LogP contribution in [0.3, 0.4) is 0 Å². The lowest BCUT2D eigenvalue weighted by Crippen LogP contribution is -2.26. The Morgan fingerprint density at radius 2 is 1.92 bits per heavy atom. The van der Waals surface area contributed by atoms with Crippen molar-refractivity contribution in [2.45, 2.75) is 13.3 Å². The van der Waals surface area contributed by atoms with Gasteiger partial charge in [-0.3, -0.25) is 14.3 Å². The third-order valence-corrected chi connectivity index (χ3v) is 3.85. The van der Waals surface area contributed by atoms with Crippen LogP contribution in [0.25, 0.3) is 10.9 Å². The van der Waals surface area contributed by atoms with Crippen molar-refractivity contribution in [2.24, 2.45) is 7.05 Å². The molecule has 0 spiro atoms. The molecular weight excluding hydrogens is 309 g/mol. The molecule has 24 heavy (non-hydrogen) atoms. The summed E-state index contributed by atoms with van der Waals surface area (Å²) in [7, 11) is 1.60. The van der Waals surface area contributed by atoms with Crippen LogP contribution in [-0.2, 0) is 13.5 Å². The van der Waals surface area contributed by atoms with Crippen LogP contribution in [0.5, 0.6) is 0 Å². The summed E-state index contributed by atoms with van der Waals surface area (Å²) in [6, 6.07) is 11.2. The number of rotatable bonds is 3. The van der Waals surface area contributed by atoms with Gasteiger partial charge in [-0.15, -0.1) is 0 Å². The first-order valence-electron chi connectivity index (χ1n) is 7.56. The predicted octanol–water partition coefficient (Wildman–Crippen LogP) is 2.89. The van der Waals surface area contributed by atoms with Crippen molar-refractivity contribution < 1.29 is 9.18 Å². The number of amides is 1. The molecule has 0 aliphatic carbocycles. The van der Waals surface area contributed by atoms with E-state index in [1.54, 1.807) is 19.2 Å². The van der Waals surface area contributed by atoms with E-state index in [-0.39, 0.29) is 11.1 Å². The Morgan fingerprint density at radius 3 is 2.58 bits per heavy atom. The van der Waals surface area contributed by atoms with E-state index in [2.05, 4.69) is 10.4 Å². The number of carbonyl (C=O) groups excluding carboxylic acids is 1. The van der Waals surface area contributed by atoms with Crippen molar-refractivity contribution in [2.75, 3.05) is 5.32 Å². The number of hydrogen-bond donors (Lipinski definition) is 1. The summed E-state index contributed by atoms with van der Waals surface area (Å²) in [5.41, 5.74) is 1.31. The molecule has 0 saturated heterocycles. The van der Waals surface area contributed by atoms with Crippen molar-refractivity contribution in [3.63, 3.8) is 0 Å². The van der Waals surface area contributed by atoms with Crippen LogP contribution in [0.4, 0.5) is 10.1 Å². The molecule has 0 radical (unpaired) electrons. The first kappa shape index (κ1) is 15.9. The predicted molar refractivity (Wildman–Crippen MR) is 90.7 cm³/mol. The number of benzene rings is 2. The fourth-order valence-corrected chi connectivity index (χ4v) is 2.51. The number of nitrogens with one attached hydrogen (secondary N) is 1. The summed E-state index contributed by atoms with van der Waals surface area (Å²) in [5.74, 6) is -1.15. The van der Waals surface area contributed by atoms with Crippen LogP contribution in [-0.4, -0.2) is 15.7 Å². The van der Waals surface area contributed by atoms with Crippen LogP contribution in [0.2, 0.25) is 0 Å². The molecule has 1 aromatic heterocycles. The summed E-state index contributed by atoms with van der Waals surface area (Å²) < 4.78 is 14.8. The Hall–Kier alpha value is -3.02. The van der Waals surface area contributed by atoms with E-state index < -0.39 is 17.2 Å². The van der Waals surface area contributed by atoms with Crippen LogP contribution in [0.1, 0.15) is 23.0 Å². The second-order valence-electron chi connectivity index (χ2n) is 5.47. The monoisotopic (exact) mass is 325 g/mol. The number of anilines is 1. The van der Waals surface area contributed by atoms with Crippen molar-refractivity contribution in [1.29, 1.82) is 0 Å². The van der Waals surface area contributed by atoms with Gasteiger partial charge < -0.3 is 5.32 Å². The molecule has 1 heterocycles. The maximum Gasteiger partial charge on any atom is 0.280 e. The minimum Gasteiger partial charge on any atom is -0.320 e. The summed E-state index contributed by atoms with van der Waals surface area (Å²) in [6.45, 7) is 2.04. The van der Waals surface area contributed by atoms with Gasteiger partial charge in [-0.1, -0.05) is 19.1 Å². The summed E-state index contributed by atoms with van der Waals surface area (Å²) in [6.07, 6.45) is 0.895. The average Bonchev–Trinajstić information content (AvgIpc) is 2.58. The van der Waals surface area contributed by atoms with Gasteiger partial charge >= 0.3 is 0 Å². The topological polar surface area (TPSA) is 64.0 Å². The Kier molecular flexibility index (Phi) is 4.12. The minimum atomic E-state index is -0.619. The van der Waals surface area contributed by atoms with E-state index >= 15 is 0 Å². The molecule has 0 unspecified atom stereocenters. The third kappa shape index (κ3) is 2.90. The van der Waals surface area contributed by atoms with E-state index in [1.807, 2.05) is 19.1 Å². The average molecular weight is 325 g/mol. The van der Waals surface area contributed by atoms with Crippen molar-refractivity contribution in [1.82, 2.24) is 9.78 Å². The zero-order valence-electron chi connectivity index (χ0n) is 13.3. The maximum atomic E-state index is 13.4. The zero-order chi connectivity index (χ0) is 17.3. The zero-order valence-corrected chi connectivity index (χ0v) is 13.3. The first-order chi connectivity index (χ1) is 11.5. The van der Waals surface area contributed by atoms with Crippen LogP contribution in [0, 0.1) is 5.82 Å². The number of carbonyl (C=O) groups is 1. The molecule has 122 valence electrons. The Balaban J connectivity index is 2.00. The SMILES string of the molecule is CCc1ccc(NC(=O)c2nn(C)c3ccc(F)cc3c2=O)cc1. The van der Waals surface area contributed by atoms with Crippen LogP contribution < -0.4 is 10.7 Å². The molecule has 0 aliphatic heterocycles. The van der Waals surface area contributed by atoms with Gasteiger partial charge in [0.1, 0.15) is 5.82 Å². The second-order valence-corrected chi connectivity index (χ2v) is 5.47. The molecule has 6 heteroatoms. The fourth-order valence-electron chi connectivity index (χ4n) is 2.51. The molecule has 5 nitrogen and oxygen atoms in total. The summed E-state index contributed by atoms with van der Waals surface area (Å²) >= 11 is 0. The highest BCUT2D eigenvalue weighted by molar-refractivity contribution is 6.04. The van der Waals surface area contributed by atoms with Gasteiger partial charge in [0.25, 0.3) is 5.91 Å². The van der Waals surface area contributed by atoms with E-state index in [9.17, 15) is 14.0 Å². The number of hydrogen-bond acceptors (Lipinski definition) is 3. The van der Waals surface area contributed by atoms with E-state index in [4.69, 9.17) is 0 Å². The van der Waals surface area contributed by atoms with E-state index in [0.29, 0.717) is 11.2 Å². The van der Waals surface area contributed by atoms with Crippen LogP contribution in [0.15, 0.2) is 47.3 Å². The number of fused-ring (bicyclic) bond motifs is 1. The maximum absolute atomic E-state index is 13.4. The standard InChI is InChI=1S/C18H16FN3O2/c1-3-11-4-7-13(8-5-11)20-18(24)16-17(23)14-10-12(19)6-9-15(14)22(2)21-16/h4-10H,3H2,1-2H3,(H,20,24).